The first-order chi connectivity index (χ1) is 20.8. The van der Waals surface area contributed by atoms with Crippen molar-refractivity contribution in [1.29, 1.82) is 0 Å². The molecule has 5 rings (SSSR count). The van der Waals surface area contributed by atoms with Crippen LogP contribution in [0.3, 0.4) is 0 Å². The predicted octanol–water partition coefficient (Wildman–Crippen LogP) is 4.99. The molecule has 0 aliphatic rings. The van der Waals surface area contributed by atoms with Gasteiger partial charge in [-0.3, -0.25) is 14.2 Å². The second kappa shape index (κ2) is 12.4. The molecule has 0 N–H and O–H groups in total. The van der Waals surface area contributed by atoms with Crippen LogP contribution in [0.25, 0.3) is 33.2 Å². The fraction of sp³-hybridized carbons (Fsp3) is 0.281. The van der Waals surface area contributed by atoms with E-state index in [0.717, 1.165) is 5.56 Å². The number of nitrogens with zero attached hydrogens (tertiary/aromatic N) is 2. The van der Waals surface area contributed by atoms with Crippen LogP contribution in [0, 0.1) is 6.92 Å². The van der Waals surface area contributed by atoms with E-state index in [1.54, 1.807) is 30.3 Å². The lowest BCUT2D eigenvalue weighted by molar-refractivity contribution is 0.293. The number of aromatic nitrogens is 2. The third-order valence-corrected chi connectivity index (χ3v) is 7.12. The van der Waals surface area contributed by atoms with Crippen molar-refractivity contribution in [2.24, 2.45) is 0 Å². The van der Waals surface area contributed by atoms with Crippen LogP contribution in [0.4, 0.5) is 0 Å². The van der Waals surface area contributed by atoms with Gasteiger partial charge in [-0.2, -0.15) is 0 Å². The fourth-order valence-corrected chi connectivity index (χ4v) is 4.96. The monoisotopic (exact) mass is 588 g/mol. The Balaban J connectivity index is 1.56. The summed E-state index contributed by atoms with van der Waals surface area (Å²) in [5.41, 5.74) is 1.71. The maximum Gasteiger partial charge on any atom is 0.261 e. The summed E-state index contributed by atoms with van der Waals surface area (Å²) in [6.45, 7) is 2.35. The van der Waals surface area contributed by atoms with E-state index in [0.29, 0.717) is 52.4 Å². The molecule has 11 nitrogen and oxygen atoms in total. The molecule has 0 atom stereocenters. The molecule has 224 valence electrons. The maximum absolute atomic E-state index is 14.0. The van der Waals surface area contributed by atoms with Crippen LogP contribution in [0.5, 0.6) is 34.5 Å². The first kappa shape index (κ1) is 29.3. The van der Waals surface area contributed by atoms with E-state index >= 15 is 0 Å². The highest BCUT2D eigenvalue weighted by Crippen LogP contribution is 2.44. The molecule has 0 saturated carbocycles. The Bertz CT molecular complexity index is 1900. The van der Waals surface area contributed by atoms with Gasteiger partial charge < -0.3 is 32.8 Å². The van der Waals surface area contributed by atoms with Gasteiger partial charge in [-0.05, 0) is 37.1 Å². The van der Waals surface area contributed by atoms with Gasteiger partial charge in [-0.15, -0.1) is 0 Å². The zero-order valence-corrected chi connectivity index (χ0v) is 24.8. The van der Waals surface area contributed by atoms with Gasteiger partial charge in [0.2, 0.25) is 16.9 Å². The molecule has 5 aromatic rings. The third kappa shape index (κ3) is 5.41. The normalized spacial score (nSPS) is 11.0. The molecule has 11 heteroatoms. The standard InChI is InChI=1S/C32H32N2O9/c1-18-9-7-10-21-27(18)33-17-34(32(21)36)11-8-12-42-31-28(35)26-22(38-3)15-20(37-2)16-23(26)43-29(31)19-13-24(39-4)30(41-6)25(14-19)40-5/h7,9-10,13-17H,8,11-12H2,1-6H3. The van der Waals surface area contributed by atoms with E-state index in [-0.39, 0.29) is 40.4 Å². The zero-order valence-electron chi connectivity index (χ0n) is 24.8. The van der Waals surface area contributed by atoms with Crippen molar-refractivity contribution in [2.75, 3.05) is 42.2 Å². The van der Waals surface area contributed by atoms with Crippen LogP contribution >= 0.6 is 0 Å². The second-order valence-electron chi connectivity index (χ2n) is 9.62. The summed E-state index contributed by atoms with van der Waals surface area (Å²) in [5.74, 6) is 1.94. The van der Waals surface area contributed by atoms with E-state index < -0.39 is 5.43 Å². The van der Waals surface area contributed by atoms with Crippen molar-refractivity contribution in [2.45, 2.75) is 19.9 Å². The van der Waals surface area contributed by atoms with Crippen molar-refractivity contribution in [3.05, 3.63) is 74.9 Å². The van der Waals surface area contributed by atoms with Crippen LogP contribution in [0.15, 0.2) is 62.8 Å². The summed E-state index contributed by atoms with van der Waals surface area (Å²) in [4.78, 5) is 31.5. The number of rotatable bonds is 11. The molecule has 0 unspecified atom stereocenters. The number of ether oxygens (including phenoxy) is 6. The molecule has 0 aliphatic heterocycles. The minimum atomic E-state index is -0.440. The summed E-state index contributed by atoms with van der Waals surface area (Å²) < 4.78 is 41.3. The molecule has 0 saturated heterocycles. The topological polar surface area (TPSA) is 120 Å². The van der Waals surface area contributed by atoms with Gasteiger partial charge in [0.15, 0.2) is 17.3 Å². The Morgan fingerprint density at radius 1 is 0.837 bits per heavy atom. The van der Waals surface area contributed by atoms with Gasteiger partial charge in [0, 0.05) is 24.2 Å². The summed E-state index contributed by atoms with van der Waals surface area (Å²) >= 11 is 0. The molecule has 2 aromatic heterocycles. The number of methoxy groups -OCH3 is 5. The summed E-state index contributed by atoms with van der Waals surface area (Å²) in [6, 6.07) is 12.0. The number of benzene rings is 3. The van der Waals surface area contributed by atoms with Crippen LogP contribution in [0.1, 0.15) is 12.0 Å². The minimum Gasteiger partial charge on any atom is -0.496 e. The maximum atomic E-state index is 14.0. The first-order valence-electron chi connectivity index (χ1n) is 13.5. The van der Waals surface area contributed by atoms with E-state index in [4.69, 9.17) is 32.8 Å². The highest BCUT2D eigenvalue weighted by atomic mass is 16.5. The highest BCUT2D eigenvalue weighted by molar-refractivity contribution is 5.89. The van der Waals surface area contributed by atoms with E-state index in [1.807, 2.05) is 19.1 Å². The second-order valence-corrected chi connectivity index (χ2v) is 9.62. The summed E-state index contributed by atoms with van der Waals surface area (Å²) in [6.07, 6.45) is 1.94. The highest BCUT2D eigenvalue weighted by Gasteiger charge is 2.24. The molecule has 0 amide bonds. The molecular formula is C32H32N2O9. The SMILES string of the molecule is COc1cc(OC)c2c(=O)c(OCCCn3cnc4c(C)cccc4c3=O)c(-c3cc(OC)c(OC)c(OC)c3)oc2c1. The molecule has 43 heavy (non-hydrogen) atoms. The third-order valence-electron chi connectivity index (χ3n) is 7.12. The Hall–Kier alpha value is -5.19. The lowest BCUT2D eigenvalue weighted by Crippen LogP contribution is -2.22. The van der Waals surface area contributed by atoms with Gasteiger partial charge in [0.25, 0.3) is 5.56 Å². The molecule has 2 heterocycles. The van der Waals surface area contributed by atoms with Gasteiger partial charge in [-0.1, -0.05) is 12.1 Å². The Kier molecular flexibility index (Phi) is 8.42. The van der Waals surface area contributed by atoms with Crippen molar-refractivity contribution < 1.29 is 32.8 Å². The Labute approximate surface area is 247 Å². The van der Waals surface area contributed by atoms with Gasteiger partial charge in [0.05, 0.1) is 59.4 Å². The molecule has 0 radical (unpaired) electrons. The Morgan fingerprint density at radius 2 is 1.56 bits per heavy atom. The van der Waals surface area contributed by atoms with Crippen molar-refractivity contribution >= 4 is 21.9 Å². The number of hydrogen-bond donors (Lipinski definition) is 0. The van der Waals surface area contributed by atoms with Gasteiger partial charge in [-0.25, -0.2) is 4.98 Å². The molecule has 0 bridgehead atoms. The smallest absolute Gasteiger partial charge is 0.261 e. The zero-order chi connectivity index (χ0) is 30.7. The number of para-hydroxylation sites is 1. The predicted molar refractivity (Wildman–Crippen MR) is 162 cm³/mol. The van der Waals surface area contributed by atoms with E-state index in [1.165, 1.54) is 46.4 Å². The molecule has 3 aromatic carbocycles. The molecular weight excluding hydrogens is 556 g/mol. The largest absolute Gasteiger partial charge is 0.496 e. The first-order valence-corrected chi connectivity index (χ1v) is 13.5. The van der Waals surface area contributed by atoms with E-state index in [2.05, 4.69) is 4.98 Å². The van der Waals surface area contributed by atoms with Crippen LogP contribution < -0.4 is 39.4 Å². The average Bonchev–Trinajstić information content (AvgIpc) is 3.03. The van der Waals surface area contributed by atoms with Crippen molar-refractivity contribution in [3.8, 4) is 45.8 Å². The molecule has 0 aliphatic carbocycles. The van der Waals surface area contributed by atoms with Crippen molar-refractivity contribution in [3.63, 3.8) is 0 Å². The van der Waals surface area contributed by atoms with Crippen LogP contribution in [-0.4, -0.2) is 51.7 Å². The lowest BCUT2D eigenvalue weighted by Gasteiger charge is -2.17. The number of hydrogen-bond acceptors (Lipinski definition) is 10. The lowest BCUT2D eigenvalue weighted by atomic mass is 10.1. The average molecular weight is 589 g/mol. The van der Waals surface area contributed by atoms with Crippen LogP contribution in [-0.2, 0) is 6.54 Å². The van der Waals surface area contributed by atoms with Crippen molar-refractivity contribution in [1.82, 2.24) is 9.55 Å². The van der Waals surface area contributed by atoms with Crippen LogP contribution in [0.2, 0.25) is 0 Å². The number of fused-ring (bicyclic) bond motifs is 2. The van der Waals surface area contributed by atoms with E-state index in [9.17, 15) is 9.59 Å². The van der Waals surface area contributed by atoms with Gasteiger partial charge >= 0.3 is 0 Å². The molecule has 0 spiro atoms. The van der Waals surface area contributed by atoms with Gasteiger partial charge in [0.1, 0.15) is 22.5 Å². The summed E-state index contributed by atoms with van der Waals surface area (Å²) in [7, 11) is 7.46. The Morgan fingerprint density at radius 3 is 2.21 bits per heavy atom. The quantitative estimate of drug-likeness (QED) is 0.195. The number of aryl methyl sites for hydroxylation is 2. The fourth-order valence-electron chi connectivity index (χ4n) is 4.96. The summed E-state index contributed by atoms with van der Waals surface area (Å²) in [5, 5.41) is 0.741. The minimum absolute atomic E-state index is 0.0372. The molecule has 0 fully saturated rings.